The van der Waals surface area contributed by atoms with E-state index >= 15 is 0 Å². The predicted molar refractivity (Wildman–Crippen MR) is 91.1 cm³/mol. The minimum Gasteiger partial charge on any atom is -0.373 e. The zero-order chi connectivity index (χ0) is 14.7. The van der Waals surface area contributed by atoms with Gasteiger partial charge in [0.15, 0.2) is 5.82 Å². The van der Waals surface area contributed by atoms with E-state index in [4.69, 9.17) is 4.98 Å². The number of hydrogen-bond donors (Lipinski definition) is 1. The molecule has 0 amide bonds. The van der Waals surface area contributed by atoms with Crippen molar-refractivity contribution in [1.29, 1.82) is 0 Å². The van der Waals surface area contributed by atoms with Gasteiger partial charge in [0.1, 0.15) is 11.6 Å². The molecule has 3 rings (SSSR count). The van der Waals surface area contributed by atoms with E-state index in [2.05, 4.69) is 22.1 Å². The third-order valence-corrected chi connectivity index (χ3v) is 4.85. The van der Waals surface area contributed by atoms with E-state index in [1.165, 1.54) is 0 Å². The maximum Gasteiger partial charge on any atom is 0.163 e. The Bertz CT molecular complexity index is 602. The van der Waals surface area contributed by atoms with Crippen molar-refractivity contribution in [2.24, 2.45) is 0 Å². The molecule has 1 aliphatic rings. The highest BCUT2D eigenvalue weighted by molar-refractivity contribution is 7.99. The smallest absolute Gasteiger partial charge is 0.163 e. The molecule has 1 fully saturated rings. The molecule has 0 radical (unpaired) electrons. The Hall–Kier alpha value is -1.75. The van der Waals surface area contributed by atoms with Crippen molar-refractivity contribution in [1.82, 2.24) is 9.97 Å². The van der Waals surface area contributed by atoms with Crippen molar-refractivity contribution in [3.8, 4) is 11.4 Å². The van der Waals surface area contributed by atoms with Gasteiger partial charge in [-0.25, -0.2) is 9.97 Å². The first-order valence-corrected chi connectivity index (χ1v) is 8.40. The lowest BCUT2D eigenvalue weighted by Crippen LogP contribution is -2.41. The number of hydrogen-bond acceptors (Lipinski definition) is 5. The van der Waals surface area contributed by atoms with Crippen molar-refractivity contribution >= 4 is 23.4 Å². The summed E-state index contributed by atoms with van der Waals surface area (Å²) in [5.74, 6) is 4.97. The van der Waals surface area contributed by atoms with Crippen LogP contribution in [-0.2, 0) is 0 Å². The lowest BCUT2D eigenvalue weighted by Gasteiger charge is -2.34. The monoisotopic (exact) mass is 300 g/mol. The van der Waals surface area contributed by atoms with E-state index in [0.29, 0.717) is 6.04 Å². The molecule has 5 heteroatoms. The molecule has 4 nitrogen and oxygen atoms in total. The van der Waals surface area contributed by atoms with E-state index in [0.717, 1.165) is 41.1 Å². The largest absolute Gasteiger partial charge is 0.373 e. The number of nitrogens with one attached hydrogen (secondary N) is 1. The normalized spacial score (nSPS) is 18.6. The Labute approximate surface area is 130 Å². The second kappa shape index (κ2) is 6.35. The maximum absolute atomic E-state index is 4.79. The molecule has 1 unspecified atom stereocenters. The van der Waals surface area contributed by atoms with Gasteiger partial charge in [-0.05, 0) is 6.92 Å². The number of nitrogens with zero attached hydrogens (tertiary/aromatic N) is 3. The van der Waals surface area contributed by atoms with Gasteiger partial charge in [0, 0.05) is 42.8 Å². The molecule has 1 aromatic heterocycles. The van der Waals surface area contributed by atoms with Crippen LogP contribution in [0.25, 0.3) is 11.4 Å². The van der Waals surface area contributed by atoms with Gasteiger partial charge < -0.3 is 10.2 Å². The summed E-state index contributed by atoms with van der Waals surface area (Å²) < 4.78 is 0. The Kier molecular flexibility index (Phi) is 4.29. The zero-order valence-electron chi connectivity index (χ0n) is 12.4. The van der Waals surface area contributed by atoms with Gasteiger partial charge in [-0.15, -0.1) is 0 Å². The molecule has 1 aliphatic heterocycles. The standard InChI is InChI=1S/C16H20N4S/c1-12-11-21-9-8-20(12)15-10-14(17-2)18-16(19-15)13-6-4-3-5-7-13/h3-7,10,12H,8-9,11H2,1-2H3,(H,17,18,19). The SMILES string of the molecule is CNc1cc(N2CCSCC2C)nc(-c2ccccc2)n1. The van der Waals surface area contributed by atoms with E-state index in [1.54, 1.807) is 0 Å². The fourth-order valence-electron chi connectivity index (χ4n) is 2.49. The first-order valence-electron chi connectivity index (χ1n) is 7.24. The van der Waals surface area contributed by atoms with Crippen LogP contribution in [0.3, 0.4) is 0 Å². The molecule has 1 N–H and O–H groups in total. The highest BCUT2D eigenvalue weighted by Gasteiger charge is 2.21. The van der Waals surface area contributed by atoms with Crippen LogP contribution in [-0.4, -0.2) is 41.1 Å². The average molecular weight is 300 g/mol. The lowest BCUT2D eigenvalue weighted by molar-refractivity contribution is 0.689. The van der Waals surface area contributed by atoms with Crippen LogP contribution in [0.15, 0.2) is 36.4 Å². The molecule has 2 aromatic rings. The molecule has 0 bridgehead atoms. The molecule has 2 heterocycles. The topological polar surface area (TPSA) is 41.0 Å². The minimum absolute atomic E-state index is 0.506. The van der Waals surface area contributed by atoms with E-state index < -0.39 is 0 Å². The third-order valence-electron chi connectivity index (χ3n) is 3.66. The summed E-state index contributed by atoms with van der Waals surface area (Å²) in [5.41, 5.74) is 1.05. The van der Waals surface area contributed by atoms with Gasteiger partial charge in [0.05, 0.1) is 0 Å². The number of benzene rings is 1. The van der Waals surface area contributed by atoms with Crippen LogP contribution in [0, 0.1) is 0 Å². The predicted octanol–water partition coefficient (Wildman–Crippen LogP) is 3.13. The summed E-state index contributed by atoms with van der Waals surface area (Å²) in [5, 5.41) is 3.15. The molecule has 0 aliphatic carbocycles. The zero-order valence-corrected chi connectivity index (χ0v) is 13.2. The van der Waals surface area contributed by atoms with Gasteiger partial charge in [-0.2, -0.15) is 11.8 Å². The second-order valence-corrected chi connectivity index (χ2v) is 6.32. The molecular weight excluding hydrogens is 280 g/mol. The third kappa shape index (κ3) is 3.13. The van der Waals surface area contributed by atoms with Crippen LogP contribution in [0.5, 0.6) is 0 Å². The molecular formula is C16H20N4S. The minimum atomic E-state index is 0.506. The summed E-state index contributed by atoms with van der Waals surface area (Å²) in [4.78, 5) is 11.8. The van der Waals surface area contributed by atoms with Crippen LogP contribution in [0.1, 0.15) is 6.92 Å². The van der Waals surface area contributed by atoms with Crippen LogP contribution >= 0.6 is 11.8 Å². The molecule has 1 saturated heterocycles. The summed E-state index contributed by atoms with van der Waals surface area (Å²) >= 11 is 2.01. The molecule has 110 valence electrons. The quantitative estimate of drug-likeness (QED) is 0.943. The maximum atomic E-state index is 4.79. The van der Waals surface area contributed by atoms with Gasteiger partial charge in [-0.3, -0.25) is 0 Å². The van der Waals surface area contributed by atoms with E-state index in [1.807, 2.05) is 55.2 Å². The number of anilines is 2. The van der Waals surface area contributed by atoms with E-state index in [-0.39, 0.29) is 0 Å². The van der Waals surface area contributed by atoms with Crippen LogP contribution in [0.4, 0.5) is 11.6 Å². The fraction of sp³-hybridized carbons (Fsp3) is 0.375. The average Bonchev–Trinajstić information content (AvgIpc) is 2.55. The van der Waals surface area contributed by atoms with Crippen molar-refractivity contribution in [2.45, 2.75) is 13.0 Å². The van der Waals surface area contributed by atoms with Crippen molar-refractivity contribution in [3.05, 3.63) is 36.4 Å². The van der Waals surface area contributed by atoms with Crippen LogP contribution < -0.4 is 10.2 Å². The number of thioether (sulfide) groups is 1. The van der Waals surface area contributed by atoms with Crippen molar-refractivity contribution < 1.29 is 0 Å². The highest BCUT2D eigenvalue weighted by Crippen LogP contribution is 2.26. The molecule has 1 atom stereocenters. The van der Waals surface area contributed by atoms with Gasteiger partial charge in [0.25, 0.3) is 0 Å². The Morgan fingerprint density at radius 2 is 2.05 bits per heavy atom. The highest BCUT2D eigenvalue weighted by atomic mass is 32.2. The summed E-state index contributed by atoms with van der Waals surface area (Å²) in [7, 11) is 1.90. The van der Waals surface area contributed by atoms with Crippen molar-refractivity contribution in [3.63, 3.8) is 0 Å². The van der Waals surface area contributed by atoms with E-state index in [9.17, 15) is 0 Å². The number of aromatic nitrogens is 2. The fourth-order valence-corrected chi connectivity index (χ4v) is 3.51. The molecule has 0 spiro atoms. The summed E-state index contributed by atoms with van der Waals surface area (Å²) in [6.45, 7) is 3.30. The first-order chi connectivity index (χ1) is 10.3. The van der Waals surface area contributed by atoms with Gasteiger partial charge >= 0.3 is 0 Å². The number of rotatable bonds is 3. The lowest BCUT2D eigenvalue weighted by atomic mass is 10.2. The molecule has 0 saturated carbocycles. The summed E-state index contributed by atoms with van der Waals surface area (Å²) in [6.07, 6.45) is 0. The molecule has 21 heavy (non-hydrogen) atoms. The second-order valence-electron chi connectivity index (χ2n) is 5.17. The Balaban J connectivity index is 2.01. The Morgan fingerprint density at radius 1 is 1.24 bits per heavy atom. The molecule has 1 aromatic carbocycles. The van der Waals surface area contributed by atoms with Crippen LogP contribution in [0.2, 0.25) is 0 Å². The van der Waals surface area contributed by atoms with Gasteiger partial charge in [-0.1, -0.05) is 30.3 Å². The summed E-state index contributed by atoms with van der Waals surface area (Å²) in [6, 6.07) is 12.7. The van der Waals surface area contributed by atoms with Gasteiger partial charge in [0.2, 0.25) is 0 Å². The Morgan fingerprint density at radius 3 is 2.76 bits per heavy atom. The first kappa shape index (κ1) is 14.2. The van der Waals surface area contributed by atoms with Crippen molar-refractivity contribution in [2.75, 3.05) is 35.3 Å².